The van der Waals surface area contributed by atoms with E-state index in [0.717, 1.165) is 0 Å². The van der Waals surface area contributed by atoms with Crippen molar-refractivity contribution < 1.29 is 0 Å². The fraction of sp³-hybridized carbons (Fsp3) is 0.533. The zero-order valence-corrected chi connectivity index (χ0v) is 14.9. The molecular formula is C15H26IN3. The maximum atomic E-state index is 5.85. The van der Waals surface area contributed by atoms with Crippen LogP contribution in [-0.2, 0) is 0 Å². The van der Waals surface area contributed by atoms with Crippen molar-refractivity contribution in [3.05, 3.63) is 35.4 Å². The maximum absolute atomic E-state index is 5.85. The molecule has 0 spiro atoms. The van der Waals surface area contributed by atoms with Gasteiger partial charge in [-0.1, -0.05) is 36.8 Å². The summed E-state index contributed by atoms with van der Waals surface area (Å²) in [6, 6.07) is 8.57. The zero-order valence-electron chi connectivity index (χ0n) is 12.5. The number of halogens is 1. The van der Waals surface area contributed by atoms with Gasteiger partial charge in [0.15, 0.2) is 5.96 Å². The molecule has 0 saturated heterocycles. The van der Waals surface area contributed by atoms with Crippen molar-refractivity contribution in [2.24, 2.45) is 10.7 Å². The Morgan fingerprint density at radius 2 is 1.79 bits per heavy atom. The van der Waals surface area contributed by atoms with E-state index in [-0.39, 0.29) is 29.5 Å². The second-order valence-corrected chi connectivity index (χ2v) is 5.91. The van der Waals surface area contributed by atoms with E-state index in [1.54, 1.807) is 0 Å². The molecule has 0 aliphatic heterocycles. The second kappa shape index (κ2) is 7.72. The van der Waals surface area contributed by atoms with Gasteiger partial charge in [-0.25, -0.2) is 0 Å². The van der Waals surface area contributed by atoms with E-state index in [4.69, 9.17) is 5.73 Å². The van der Waals surface area contributed by atoms with Crippen LogP contribution in [0.1, 0.15) is 44.7 Å². The highest BCUT2D eigenvalue weighted by atomic mass is 127. The highest BCUT2D eigenvalue weighted by Crippen LogP contribution is 2.15. The summed E-state index contributed by atoms with van der Waals surface area (Å²) in [6.45, 7) is 11.2. The minimum absolute atomic E-state index is 0. The van der Waals surface area contributed by atoms with Gasteiger partial charge in [-0.3, -0.25) is 4.99 Å². The first kappa shape index (κ1) is 18.2. The van der Waals surface area contributed by atoms with Crippen molar-refractivity contribution in [2.75, 3.05) is 6.54 Å². The van der Waals surface area contributed by atoms with Gasteiger partial charge in [-0.05, 0) is 33.3 Å². The van der Waals surface area contributed by atoms with Crippen LogP contribution in [-0.4, -0.2) is 18.0 Å². The highest BCUT2D eigenvalue weighted by Gasteiger charge is 2.10. The molecule has 1 aromatic rings. The van der Waals surface area contributed by atoms with Gasteiger partial charge in [0.25, 0.3) is 0 Å². The van der Waals surface area contributed by atoms with E-state index in [0.29, 0.717) is 18.4 Å². The second-order valence-electron chi connectivity index (χ2n) is 5.91. The van der Waals surface area contributed by atoms with Gasteiger partial charge in [0.05, 0.1) is 0 Å². The van der Waals surface area contributed by atoms with E-state index < -0.39 is 0 Å². The fourth-order valence-corrected chi connectivity index (χ4v) is 1.66. The Morgan fingerprint density at radius 3 is 2.26 bits per heavy atom. The highest BCUT2D eigenvalue weighted by molar-refractivity contribution is 14.0. The average molecular weight is 375 g/mol. The molecule has 0 heterocycles. The summed E-state index contributed by atoms with van der Waals surface area (Å²) in [6.07, 6.45) is 0. The quantitative estimate of drug-likeness (QED) is 0.483. The molecule has 1 unspecified atom stereocenters. The molecule has 1 rings (SSSR count). The Bertz CT molecular complexity index is 404. The van der Waals surface area contributed by atoms with Crippen molar-refractivity contribution in [2.45, 2.75) is 46.1 Å². The lowest BCUT2D eigenvalue weighted by molar-refractivity contribution is 0.507. The number of aryl methyl sites for hydroxylation is 1. The summed E-state index contributed by atoms with van der Waals surface area (Å²) < 4.78 is 0. The van der Waals surface area contributed by atoms with Gasteiger partial charge >= 0.3 is 0 Å². The molecule has 0 saturated carbocycles. The number of nitrogens with two attached hydrogens (primary N) is 1. The first-order chi connectivity index (χ1) is 8.28. The first-order valence-corrected chi connectivity index (χ1v) is 6.42. The lowest BCUT2D eigenvalue weighted by Crippen LogP contribution is -2.45. The number of nitrogens with one attached hydrogen (secondary N) is 1. The molecule has 108 valence electrons. The van der Waals surface area contributed by atoms with Crippen molar-refractivity contribution in [3.8, 4) is 0 Å². The molecule has 0 amide bonds. The summed E-state index contributed by atoms with van der Waals surface area (Å²) in [5.74, 6) is 0.896. The molecule has 0 fully saturated rings. The SMILES string of the molecule is Cc1ccc(C(C)CN=C(N)NC(C)(C)C)cc1.I. The van der Waals surface area contributed by atoms with E-state index in [1.165, 1.54) is 11.1 Å². The van der Waals surface area contributed by atoms with Gasteiger partial charge in [-0.2, -0.15) is 0 Å². The Labute approximate surface area is 134 Å². The predicted molar refractivity (Wildman–Crippen MR) is 94.4 cm³/mol. The molecule has 1 atom stereocenters. The van der Waals surface area contributed by atoms with Crippen molar-refractivity contribution in [1.29, 1.82) is 0 Å². The number of guanidine groups is 1. The Morgan fingerprint density at radius 1 is 1.26 bits per heavy atom. The summed E-state index contributed by atoms with van der Waals surface area (Å²) in [4.78, 5) is 4.39. The van der Waals surface area contributed by atoms with Gasteiger partial charge in [-0.15, -0.1) is 24.0 Å². The molecule has 0 aromatic heterocycles. The lowest BCUT2D eigenvalue weighted by atomic mass is 10.0. The van der Waals surface area contributed by atoms with Crippen LogP contribution in [0.15, 0.2) is 29.3 Å². The maximum Gasteiger partial charge on any atom is 0.189 e. The fourth-order valence-electron chi connectivity index (χ4n) is 1.66. The lowest BCUT2D eigenvalue weighted by Gasteiger charge is -2.21. The molecule has 0 aliphatic carbocycles. The largest absolute Gasteiger partial charge is 0.370 e. The molecule has 0 bridgehead atoms. The van der Waals surface area contributed by atoms with Crippen LogP contribution in [0.3, 0.4) is 0 Å². The van der Waals surface area contributed by atoms with E-state index >= 15 is 0 Å². The smallest absolute Gasteiger partial charge is 0.189 e. The molecule has 3 nitrogen and oxygen atoms in total. The number of hydrogen-bond acceptors (Lipinski definition) is 1. The Kier molecular flexibility index (Phi) is 7.41. The summed E-state index contributed by atoms with van der Waals surface area (Å²) in [5, 5.41) is 3.16. The molecular weight excluding hydrogens is 349 g/mol. The van der Waals surface area contributed by atoms with E-state index in [2.05, 4.69) is 69.2 Å². The van der Waals surface area contributed by atoms with Crippen LogP contribution in [0.2, 0.25) is 0 Å². The Balaban J connectivity index is 0.00000324. The summed E-state index contributed by atoms with van der Waals surface area (Å²) in [5.41, 5.74) is 8.39. The van der Waals surface area contributed by atoms with E-state index in [9.17, 15) is 0 Å². The van der Waals surface area contributed by atoms with Crippen LogP contribution in [0.5, 0.6) is 0 Å². The predicted octanol–water partition coefficient (Wildman–Crippen LogP) is 3.42. The molecule has 19 heavy (non-hydrogen) atoms. The third-order valence-corrected chi connectivity index (χ3v) is 2.68. The number of nitrogens with zero attached hydrogens (tertiary/aromatic N) is 1. The van der Waals surface area contributed by atoms with Gasteiger partial charge in [0.1, 0.15) is 0 Å². The molecule has 1 aromatic carbocycles. The van der Waals surface area contributed by atoms with Crippen LogP contribution >= 0.6 is 24.0 Å². The minimum Gasteiger partial charge on any atom is -0.370 e. The first-order valence-electron chi connectivity index (χ1n) is 6.42. The number of aliphatic imine (C=N–C) groups is 1. The molecule has 4 heteroatoms. The minimum atomic E-state index is -0.0410. The molecule has 0 radical (unpaired) electrons. The summed E-state index contributed by atoms with van der Waals surface area (Å²) in [7, 11) is 0. The number of hydrogen-bond donors (Lipinski definition) is 2. The average Bonchev–Trinajstić information content (AvgIpc) is 2.24. The van der Waals surface area contributed by atoms with Crippen LogP contribution < -0.4 is 11.1 Å². The monoisotopic (exact) mass is 375 g/mol. The topological polar surface area (TPSA) is 50.4 Å². The van der Waals surface area contributed by atoms with Crippen molar-refractivity contribution in [3.63, 3.8) is 0 Å². The van der Waals surface area contributed by atoms with Crippen LogP contribution in [0, 0.1) is 6.92 Å². The van der Waals surface area contributed by atoms with Crippen molar-refractivity contribution >= 4 is 29.9 Å². The normalized spacial score (nSPS) is 13.6. The molecule has 3 N–H and O–H groups in total. The van der Waals surface area contributed by atoms with Crippen molar-refractivity contribution in [1.82, 2.24) is 5.32 Å². The summed E-state index contributed by atoms with van der Waals surface area (Å²) >= 11 is 0. The van der Waals surface area contributed by atoms with Crippen LogP contribution in [0.4, 0.5) is 0 Å². The third-order valence-electron chi connectivity index (χ3n) is 2.68. The van der Waals surface area contributed by atoms with Gasteiger partial charge in [0, 0.05) is 18.0 Å². The van der Waals surface area contributed by atoms with Crippen LogP contribution in [0.25, 0.3) is 0 Å². The zero-order chi connectivity index (χ0) is 13.8. The van der Waals surface area contributed by atoms with E-state index in [1.807, 2.05) is 0 Å². The standard InChI is InChI=1S/C15H25N3.HI/c1-11-6-8-13(9-7-11)12(2)10-17-14(16)18-15(3,4)5;/h6-9,12H,10H2,1-5H3,(H3,16,17,18);1H. The molecule has 0 aliphatic rings. The van der Waals surface area contributed by atoms with Gasteiger partial charge in [0.2, 0.25) is 0 Å². The number of benzene rings is 1. The third kappa shape index (κ3) is 7.40. The Hall–Kier alpha value is -0.780. The van der Waals surface area contributed by atoms with Gasteiger partial charge < -0.3 is 11.1 Å². The number of rotatable bonds is 3.